The molecule has 3 aromatic rings. The number of nitrogens with zero attached hydrogens (tertiary/aromatic N) is 4. The summed E-state index contributed by atoms with van der Waals surface area (Å²) >= 11 is 0. The third-order valence-corrected chi connectivity index (χ3v) is 11.9. The third-order valence-electron chi connectivity index (χ3n) is 10.1. The molecule has 0 spiro atoms. The highest BCUT2D eigenvalue weighted by Crippen LogP contribution is 2.47. The van der Waals surface area contributed by atoms with E-state index in [1.165, 1.54) is 0 Å². The van der Waals surface area contributed by atoms with Gasteiger partial charge in [-0.3, -0.25) is 19.1 Å². The minimum Gasteiger partial charge on any atom is -0.474 e. The van der Waals surface area contributed by atoms with Crippen LogP contribution in [0.3, 0.4) is 0 Å². The van der Waals surface area contributed by atoms with Crippen LogP contribution in [0.25, 0.3) is 22.3 Å². The standard InChI is InChI=1S/C36H38N6O6S/c1-42-17-7-3-2-4-8-24-20-36(24,35(45)41-49(46,47)26-15-16-26)40-32(43)28-18-25(19-29(28)34(42)44)48-33-27-9-5-6-10-30(27)38-31(39-33)23-13-11-22(21-37)12-14-23/h4-6,8-14,24-26,28-29H,2-3,7,15-20H2,1H3,(H,40,43)(H,41,45)/b8-4-/t24-,25-,28-,29-,36-/m1/s1. The van der Waals surface area contributed by atoms with Gasteiger partial charge in [-0.2, -0.15) is 10.2 Å². The normalized spacial score (nSPS) is 28.0. The van der Waals surface area contributed by atoms with Crippen LogP contribution < -0.4 is 14.8 Å². The zero-order valence-corrected chi connectivity index (χ0v) is 28.0. The van der Waals surface area contributed by atoms with Gasteiger partial charge in [-0.25, -0.2) is 13.4 Å². The van der Waals surface area contributed by atoms with E-state index in [0.29, 0.717) is 53.1 Å². The molecule has 4 aliphatic rings. The maximum Gasteiger partial charge on any atom is 0.259 e. The lowest BCUT2D eigenvalue weighted by Crippen LogP contribution is -2.54. The van der Waals surface area contributed by atoms with Crippen molar-refractivity contribution in [3.8, 4) is 23.3 Å². The Kier molecular flexibility index (Phi) is 8.60. The number of ether oxygens (including phenoxy) is 1. The number of amides is 3. The van der Waals surface area contributed by atoms with Crippen LogP contribution in [-0.2, 0) is 24.4 Å². The van der Waals surface area contributed by atoms with Crippen LogP contribution in [0.4, 0.5) is 0 Å². The van der Waals surface area contributed by atoms with Crippen molar-refractivity contribution in [3.05, 3.63) is 66.2 Å². The average molecular weight is 683 g/mol. The van der Waals surface area contributed by atoms with E-state index in [1.54, 1.807) is 36.2 Å². The average Bonchev–Trinajstić information content (AvgIpc) is 4.02. The van der Waals surface area contributed by atoms with Crippen LogP contribution in [0.1, 0.15) is 56.9 Å². The van der Waals surface area contributed by atoms with Gasteiger partial charge in [-0.05, 0) is 87.8 Å². The molecule has 1 aliphatic heterocycles. The Balaban J connectivity index is 1.18. The predicted octanol–water partition coefficient (Wildman–Crippen LogP) is 3.62. The number of aromatic nitrogens is 2. The van der Waals surface area contributed by atoms with Crippen LogP contribution in [-0.4, -0.2) is 71.5 Å². The molecule has 1 aromatic heterocycles. The Morgan fingerprint density at radius 1 is 1.06 bits per heavy atom. The first-order chi connectivity index (χ1) is 23.6. The summed E-state index contributed by atoms with van der Waals surface area (Å²) in [4.78, 5) is 52.7. The Morgan fingerprint density at radius 2 is 1.82 bits per heavy atom. The van der Waals surface area contributed by atoms with E-state index in [0.717, 1.165) is 19.3 Å². The lowest BCUT2D eigenvalue weighted by atomic mass is 9.93. The van der Waals surface area contributed by atoms with Gasteiger partial charge in [0.05, 0.1) is 39.6 Å². The van der Waals surface area contributed by atoms with E-state index in [2.05, 4.69) is 16.1 Å². The van der Waals surface area contributed by atoms with Crippen molar-refractivity contribution in [2.45, 2.75) is 68.3 Å². The van der Waals surface area contributed by atoms with E-state index in [4.69, 9.17) is 14.7 Å². The molecule has 5 atom stereocenters. The Labute approximate surface area is 285 Å². The van der Waals surface area contributed by atoms with Crippen LogP contribution in [0.15, 0.2) is 60.7 Å². The molecule has 2 heterocycles. The minimum absolute atomic E-state index is 0.174. The number of rotatable bonds is 6. The maximum atomic E-state index is 14.1. The van der Waals surface area contributed by atoms with E-state index in [9.17, 15) is 28.1 Å². The number of carbonyl (C=O) groups excluding carboxylic acids is 3. The third kappa shape index (κ3) is 6.62. The van der Waals surface area contributed by atoms with Gasteiger partial charge in [-0.15, -0.1) is 0 Å². The van der Waals surface area contributed by atoms with E-state index >= 15 is 0 Å². The molecule has 12 nitrogen and oxygen atoms in total. The number of para-hydroxylation sites is 1. The molecular formula is C36H38N6O6S. The van der Waals surface area contributed by atoms with Gasteiger partial charge < -0.3 is 15.0 Å². The fourth-order valence-corrected chi connectivity index (χ4v) is 8.37. The molecular weight excluding hydrogens is 644 g/mol. The van der Waals surface area contributed by atoms with Crippen LogP contribution >= 0.6 is 0 Å². The summed E-state index contributed by atoms with van der Waals surface area (Å²) in [7, 11) is -2.09. The molecule has 0 saturated heterocycles. The van der Waals surface area contributed by atoms with E-state index in [-0.39, 0.29) is 31.1 Å². The monoisotopic (exact) mass is 682 g/mol. The second-order valence-corrected chi connectivity index (χ2v) is 15.6. The molecule has 254 valence electrons. The lowest BCUT2D eigenvalue weighted by molar-refractivity contribution is -0.140. The lowest BCUT2D eigenvalue weighted by Gasteiger charge is -2.26. The van der Waals surface area contributed by atoms with Gasteiger partial charge in [0.15, 0.2) is 5.82 Å². The summed E-state index contributed by atoms with van der Waals surface area (Å²) in [5.41, 5.74) is 0.456. The van der Waals surface area contributed by atoms with Gasteiger partial charge in [-0.1, -0.05) is 24.3 Å². The number of sulfonamides is 1. The SMILES string of the molecule is CN1CCCC/C=C\[C@@H]2C[C@@]2(C(=O)NS(=O)(=O)C2CC2)NC(=O)[C@@H]2C[C@@H](Oc3nc(-c4ccc(C#N)cc4)nc4ccccc34)C[C@H]2C1=O. The summed E-state index contributed by atoms with van der Waals surface area (Å²) < 4.78 is 34.2. The molecule has 3 saturated carbocycles. The Bertz CT molecular complexity index is 1990. The first kappa shape index (κ1) is 32.7. The highest BCUT2D eigenvalue weighted by molar-refractivity contribution is 7.91. The molecule has 2 aromatic carbocycles. The van der Waals surface area contributed by atoms with Gasteiger partial charge in [0.25, 0.3) is 5.91 Å². The molecule has 0 unspecified atom stereocenters. The van der Waals surface area contributed by atoms with Crippen molar-refractivity contribution in [3.63, 3.8) is 0 Å². The number of carbonyl (C=O) groups is 3. The summed E-state index contributed by atoms with van der Waals surface area (Å²) in [6, 6.07) is 16.4. The van der Waals surface area contributed by atoms with Gasteiger partial charge >= 0.3 is 0 Å². The zero-order valence-electron chi connectivity index (χ0n) is 27.2. The summed E-state index contributed by atoms with van der Waals surface area (Å²) in [6.45, 7) is 0.544. The fraction of sp³-hybridized carbons (Fsp3) is 0.444. The molecule has 49 heavy (non-hydrogen) atoms. The molecule has 3 aliphatic carbocycles. The quantitative estimate of drug-likeness (QED) is 0.369. The molecule has 13 heteroatoms. The molecule has 7 rings (SSSR count). The van der Waals surface area contributed by atoms with Crippen molar-refractivity contribution in [1.82, 2.24) is 24.9 Å². The number of hydrogen-bond donors (Lipinski definition) is 2. The summed E-state index contributed by atoms with van der Waals surface area (Å²) in [6.07, 6.45) is 7.39. The predicted molar refractivity (Wildman–Crippen MR) is 180 cm³/mol. The molecule has 0 bridgehead atoms. The number of benzene rings is 2. The highest BCUT2D eigenvalue weighted by atomic mass is 32.2. The Morgan fingerprint density at radius 3 is 2.57 bits per heavy atom. The first-order valence-electron chi connectivity index (χ1n) is 16.8. The molecule has 3 amide bonds. The van der Waals surface area contributed by atoms with Crippen LogP contribution in [0.5, 0.6) is 5.88 Å². The number of hydrogen-bond acceptors (Lipinski definition) is 9. The van der Waals surface area contributed by atoms with Crippen molar-refractivity contribution < 1.29 is 27.5 Å². The number of allylic oxidation sites excluding steroid dienone is 1. The van der Waals surface area contributed by atoms with E-state index in [1.807, 2.05) is 36.4 Å². The second kappa shape index (κ2) is 12.9. The number of nitriles is 1. The van der Waals surface area contributed by atoms with Gasteiger partial charge in [0.2, 0.25) is 27.7 Å². The number of fused-ring (bicyclic) bond motifs is 3. The summed E-state index contributed by atoms with van der Waals surface area (Å²) in [5, 5.41) is 12.2. The molecule has 3 fully saturated rings. The summed E-state index contributed by atoms with van der Waals surface area (Å²) in [5.74, 6) is -2.55. The van der Waals surface area contributed by atoms with Crippen LogP contribution in [0, 0.1) is 29.1 Å². The van der Waals surface area contributed by atoms with Crippen molar-refractivity contribution in [1.29, 1.82) is 5.26 Å². The van der Waals surface area contributed by atoms with Gasteiger partial charge in [0, 0.05) is 25.1 Å². The van der Waals surface area contributed by atoms with Gasteiger partial charge in [0.1, 0.15) is 11.6 Å². The molecule has 2 N–H and O–H groups in total. The highest BCUT2D eigenvalue weighted by Gasteiger charge is 2.62. The fourth-order valence-electron chi connectivity index (χ4n) is 7.01. The van der Waals surface area contributed by atoms with E-state index < -0.39 is 50.6 Å². The topological polar surface area (TPSA) is 171 Å². The minimum atomic E-state index is -3.83. The van der Waals surface area contributed by atoms with Crippen molar-refractivity contribution in [2.24, 2.45) is 17.8 Å². The largest absolute Gasteiger partial charge is 0.474 e. The van der Waals surface area contributed by atoms with Crippen molar-refractivity contribution in [2.75, 3.05) is 13.6 Å². The maximum absolute atomic E-state index is 14.1. The molecule has 0 radical (unpaired) electrons. The number of nitrogens with one attached hydrogen (secondary N) is 2. The Hall–Kier alpha value is -4.83. The smallest absolute Gasteiger partial charge is 0.259 e. The first-order valence-corrected chi connectivity index (χ1v) is 18.4. The second-order valence-electron chi connectivity index (χ2n) is 13.6. The van der Waals surface area contributed by atoms with Crippen molar-refractivity contribution >= 4 is 38.6 Å². The zero-order chi connectivity index (χ0) is 34.3. The van der Waals surface area contributed by atoms with Crippen LogP contribution in [0.2, 0.25) is 0 Å².